The van der Waals surface area contributed by atoms with Gasteiger partial charge in [0.25, 0.3) is 11.8 Å². The summed E-state index contributed by atoms with van der Waals surface area (Å²) in [6, 6.07) is 11.3. The lowest BCUT2D eigenvalue weighted by Gasteiger charge is -2.23. The predicted octanol–water partition coefficient (Wildman–Crippen LogP) is 4.97. The first-order valence-electron chi connectivity index (χ1n) is 10.5. The van der Waals surface area contributed by atoms with Gasteiger partial charge in [-0.3, -0.25) is 9.59 Å². The van der Waals surface area contributed by atoms with E-state index in [1.165, 1.54) is 17.3 Å². The molecule has 0 spiro atoms. The van der Waals surface area contributed by atoms with E-state index in [0.717, 1.165) is 38.6 Å². The Morgan fingerprint density at radius 3 is 2.28 bits per heavy atom. The van der Waals surface area contributed by atoms with Crippen molar-refractivity contribution in [3.05, 3.63) is 67.8 Å². The Bertz CT molecular complexity index is 1260. The van der Waals surface area contributed by atoms with Crippen LogP contribution in [-0.2, 0) is 12.8 Å². The van der Waals surface area contributed by atoms with Gasteiger partial charge in [0.15, 0.2) is 11.5 Å². The maximum atomic E-state index is 13.2. The van der Waals surface area contributed by atoms with Crippen LogP contribution in [0.3, 0.4) is 0 Å². The molecule has 0 radical (unpaired) electrons. The molecule has 1 aliphatic carbocycles. The van der Waals surface area contributed by atoms with Crippen molar-refractivity contribution in [3.8, 4) is 11.5 Å². The van der Waals surface area contributed by atoms with Gasteiger partial charge in [-0.05, 0) is 88.2 Å². The summed E-state index contributed by atoms with van der Waals surface area (Å²) in [6.45, 7) is 2.63. The Morgan fingerprint density at radius 2 is 1.69 bits per heavy atom. The van der Waals surface area contributed by atoms with Crippen LogP contribution in [0, 0.1) is 3.57 Å². The summed E-state index contributed by atoms with van der Waals surface area (Å²) in [4.78, 5) is 26.4. The van der Waals surface area contributed by atoms with Crippen molar-refractivity contribution < 1.29 is 19.1 Å². The monoisotopic (exact) mass is 540 g/mol. The van der Waals surface area contributed by atoms with Gasteiger partial charge in [0.1, 0.15) is 0 Å². The molecule has 32 heavy (non-hydrogen) atoms. The van der Waals surface area contributed by atoms with Crippen LogP contribution in [-0.4, -0.2) is 36.8 Å². The van der Waals surface area contributed by atoms with Crippen molar-refractivity contribution >= 4 is 51.4 Å². The van der Waals surface area contributed by atoms with Gasteiger partial charge in [0, 0.05) is 5.39 Å². The number of hydrazone groups is 1. The molecule has 7 heteroatoms. The Balaban J connectivity index is 1.51. The van der Waals surface area contributed by atoms with Crippen molar-refractivity contribution in [2.24, 2.45) is 5.10 Å². The van der Waals surface area contributed by atoms with E-state index >= 15 is 0 Å². The molecule has 3 aromatic carbocycles. The summed E-state index contributed by atoms with van der Waals surface area (Å²) in [5.74, 6) is 0.449. The second kappa shape index (κ2) is 8.20. The number of amides is 2. The van der Waals surface area contributed by atoms with Crippen molar-refractivity contribution in [1.82, 2.24) is 5.01 Å². The minimum absolute atomic E-state index is 0.404. The lowest BCUT2D eigenvalue weighted by atomic mass is 9.92. The molecule has 2 aliphatic rings. The van der Waals surface area contributed by atoms with E-state index in [0.29, 0.717) is 34.8 Å². The van der Waals surface area contributed by atoms with Gasteiger partial charge < -0.3 is 9.47 Å². The van der Waals surface area contributed by atoms with Crippen LogP contribution in [0.25, 0.3) is 10.8 Å². The number of hydrogen-bond donors (Lipinski definition) is 0. The zero-order valence-corrected chi connectivity index (χ0v) is 19.9. The van der Waals surface area contributed by atoms with Gasteiger partial charge in [-0.1, -0.05) is 19.1 Å². The first kappa shape index (κ1) is 20.9. The number of halogens is 1. The second-order valence-corrected chi connectivity index (χ2v) is 9.01. The molecule has 0 N–H and O–H groups in total. The number of aryl methyl sites for hydroxylation is 2. The van der Waals surface area contributed by atoms with Gasteiger partial charge in [-0.2, -0.15) is 10.1 Å². The smallest absolute Gasteiger partial charge is 0.282 e. The average molecular weight is 540 g/mol. The molecule has 5 rings (SSSR count). The van der Waals surface area contributed by atoms with Gasteiger partial charge in [0.2, 0.25) is 0 Å². The molecule has 0 aromatic heterocycles. The van der Waals surface area contributed by atoms with E-state index in [4.69, 9.17) is 9.47 Å². The highest BCUT2D eigenvalue weighted by molar-refractivity contribution is 14.1. The fourth-order valence-corrected chi connectivity index (χ4v) is 5.17. The molecule has 0 atom stereocenters. The third-order valence-corrected chi connectivity index (χ3v) is 6.67. The molecule has 0 saturated carbocycles. The molecule has 0 bridgehead atoms. The van der Waals surface area contributed by atoms with Crippen molar-refractivity contribution in [3.63, 3.8) is 0 Å². The lowest BCUT2D eigenvalue weighted by molar-refractivity contribution is 0.0616. The van der Waals surface area contributed by atoms with Crippen LogP contribution in [0.2, 0.25) is 0 Å². The molecular weight excluding hydrogens is 519 g/mol. The Hall–Kier alpha value is -2.94. The summed E-state index contributed by atoms with van der Waals surface area (Å²) in [7, 11) is 1.58. The van der Waals surface area contributed by atoms with Crippen LogP contribution >= 0.6 is 22.6 Å². The number of imide groups is 1. The number of ether oxygens (including phenoxy) is 2. The van der Waals surface area contributed by atoms with E-state index in [9.17, 15) is 9.59 Å². The van der Waals surface area contributed by atoms with Gasteiger partial charge >= 0.3 is 0 Å². The average Bonchev–Trinajstić information content (AvgIpc) is 3.22. The molecule has 6 nitrogen and oxygen atoms in total. The fraction of sp³-hybridized carbons (Fsp3) is 0.240. The SMILES string of the molecule is CCCOc1c(I)cc(C=NN2C(=O)c3ccc4c5c(ccc(c35)C2=O)CC4)cc1OC. The summed E-state index contributed by atoms with van der Waals surface area (Å²) in [5, 5.41) is 7.07. The van der Waals surface area contributed by atoms with Crippen LogP contribution in [0.1, 0.15) is 50.8 Å². The zero-order chi connectivity index (χ0) is 22.4. The van der Waals surface area contributed by atoms with Crippen LogP contribution in [0.15, 0.2) is 41.5 Å². The van der Waals surface area contributed by atoms with Crippen LogP contribution < -0.4 is 9.47 Å². The number of rotatable bonds is 6. The molecule has 3 aromatic rings. The number of methoxy groups -OCH3 is 1. The van der Waals surface area contributed by atoms with Crippen LogP contribution in [0.5, 0.6) is 11.5 Å². The largest absolute Gasteiger partial charge is 0.493 e. The molecule has 0 fully saturated rings. The molecular formula is C25H21IN2O4. The topological polar surface area (TPSA) is 68.2 Å². The van der Waals surface area contributed by atoms with Crippen LogP contribution in [0.4, 0.5) is 0 Å². The number of hydrogen-bond acceptors (Lipinski definition) is 5. The van der Waals surface area contributed by atoms with E-state index in [2.05, 4.69) is 27.7 Å². The Labute approximate surface area is 199 Å². The van der Waals surface area contributed by atoms with E-state index < -0.39 is 11.8 Å². The molecule has 162 valence electrons. The van der Waals surface area contributed by atoms with Gasteiger partial charge in [-0.15, -0.1) is 0 Å². The highest BCUT2D eigenvalue weighted by Gasteiger charge is 2.35. The number of carbonyl (C=O) groups is 2. The molecule has 1 aliphatic heterocycles. The highest BCUT2D eigenvalue weighted by atomic mass is 127. The summed E-state index contributed by atoms with van der Waals surface area (Å²) in [5.41, 5.74) is 4.15. The second-order valence-electron chi connectivity index (χ2n) is 7.84. The van der Waals surface area contributed by atoms with E-state index in [1.54, 1.807) is 13.2 Å². The van der Waals surface area contributed by atoms with Gasteiger partial charge in [-0.25, -0.2) is 0 Å². The Morgan fingerprint density at radius 1 is 1.03 bits per heavy atom. The normalized spacial score (nSPS) is 14.7. The van der Waals surface area contributed by atoms with Crippen molar-refractivity contribution in [2.75, 3.05) is 13.7 Å². The minimum Gasteiger partial charge on any atom is -0.493 e. The van der Waals surface area contributed by atoms with Crippen molar-refractivity contribution in [2.45, 2.75) is 26.2 Å². The van der Waals surface area contributed by atoms with E-state index in [-0.39, 0.29) is 0 Å². The van der Waals surface area contributed by atoms with E-state index in [1.807, 2.05) is 37.3 Å². The summed E-state index contributed by atoms with van der Waals surface area (Å²) < 4.78 is 12.1. The third kappa shape index (κ3) is 3.26. The number of carbonyl (C=O) groups excluding carboxylic acids is 2. The molecule has 0 unspecified atom stereocenters. The number of benzene rings is 3. The summed E-state index contributed by atoms with van der Waals surface area (Å²) >= 11 is 2.18. The third-order valence-electron chi connectivity index (χ3n) is 5.87. The van der Waals surface area contributed by atoms with Crippen molar-refractivity contribution in [1.29, 1.82) is 0 Å². The Kier molecular flexibility index (Phi) is 5.36. The maximum absolute atomic E-state index is 13.2. The summed E-state index contributed by atoms with van der Waals surface area (Å²) in [6.07, 6.45) is 4.28. The standard InChI is InChI=1S/C25H21IN2O4/c1-3-10-32-23-19(26)11-14(12-20(23)31-2)13-27-28-24(29)17-8-6-15-4-5-16-7-9-18(25(28)30)22(17)21(15)16/h6-9,11-13H,3-5,10H2,1-2H3. The first-order chi connectivity index (χ1) is 15.5. The number of nitrogens with zero attached hydrogens (tertiary/aromatic N) is 2. The van der Waals surface area contributed by atoms with Gasteiger partial charge in [0.05, 0.1) is 34.6 Å². The fourth-order valence-electron chi connectivity index (χ4n) is 4.39. The molecule has 1 heterocycles. The molecule has 2 amide bonds. The minimum atomic E-state index is -0.404. The molecule has 0 saturated heterocycles. The highest BCUT2D eigenvalue weighted by Crippen LogP contribution is 2.38. The predicted molar refractivity (Wildman–Crippen MR) is 131 cm³/mol. The maximum Gasteiger partial charge on any atom is 0.282 e. The lowest BCUT2D eigenvalue weighted by Crippen LogP contribution is -2.36. The first-order valence-corrected chi connectivity index (χ1v) is 11.6. The zero-order valence-electron chi connectivity index (χ0n) is 17.8. The quantitative estimate of drug-likeness (QED) is 0.252.